The van der Waals surface area contributed by atoms with Crippen LogP contribution in [-0.4, -0.2) is 37.2 Å². The summed E-state index contributed by atoms with van der Waals surface area (Å²) >= 11 is 0. The number of allylic oxidation sites excluding steroid dienone is 2. The molecule has 0 amide bonds. The van der Waals surface area contributed by atoms with Crippen molar-refractivity contribution in [3.05, 3.63) is 23.3 Å². The van der Waals surface area contributed by atoms with E-state index in [2.05, 4.69) is 51.3 Å². The highest BCUT2D eigenvalue weighted by atomic mass is 16.5. The van der Waals surface area contributed by atoms with Crippen molar-refractivity contribution in [1.29, 1.82) is 0 Å². The molecule has 4 nitrogen and oxygen atoms in total. The van der Waals surface area contributed by atoms with Crippen LogP contribution in [0.2, 0.25) is 0 Å². The van der Waals surface area contributed by atoms with Crippen LogP contribution >= 0.6 is 0 Å². The summed E-state index contributed by atoms with van der Waals surface area (Å²) in [6.07, 6.45) is 10.3. The first-order valence-corrected chi connectivity index (χ1v) is 10.7. The predicted molar refractivity (Wildman–Crippen MR) is 117 cm³/mol. The Kier molecular flexibility index (Phi) is 15.2. The summed E-state index contributed by atoms with van der Waals surface area (Å²) in [5, 5.41) is 6.94. The number of hydrogen-bond acceptors (Lipinski definition) is 4. The highest BCUT2D eigenvalue weighted by Crippen LogP contribution is 2.09. The van der Waals surface area contributed by atoms with Gasteiger partial charge < -0.3 is 15.4 Å². The fourth-order valence-corrected chi connectivity index (χ4v) is 2.68. The van der Waals surface area contributed by atoms with E-state index in [1.54, 1.807) is 0 Å². The zero-order chi connectivity index (χ0) is 20.7. The SMILES string of the molecule is C/C=C(/C)CCNC(C)CC/C=C(/C)C(=O)OC(C)CCCCNC(C)C. The first-order chi connectivity index (χ1) is 12.8. The molecule has 0 saturated heterocycles. The number of esters is 1. The molecule has 158 valence electrons. The minimum absolute atomic E-state index is 0.0182. The second-order valence-electron chi connectivity index (χ2n) is 8.03. The van der Waals surface area contributed by atoms with Crippen LogP contribution in [-0.2, 0) is 9.53 Å². The van der Waals surface area contributed by atoms with Crippen LogP contribution in [0.4, 0.5) is 0 Å². The Labute approximate surface area is 168 Å². The van der Waals surface area contributed by atoms with E-state index in [0.29, 0.717) is 12.1 Å². The van der Waals surface area contributed by atoms with E-state index >= 15 is 0 Å². The van der Waals surface area contributed by atoms with E-state index in [1.165, 1.54) is 5.57 Å². The maximum atomic E-state index is 12.2. The molecule has 0 heterocycles. The largest absolute Gasteiger partial charge is 0.459 e. The van der Waals surface area contributed by atoms with E-state index in [4.69, 9.17) is 4.74 Å². The van der Waals surface area contributed by atoms with Crippen molar-refractivity contribution in [3.63, 3.8) is 0 Å². The quantitative estimate of drug-likeness (QED) is 0.179. The highest BCUT2D eigenvalue weighted by Gasteiger charge is 2.11. The summed E-state index contributed by atoms with van der Waals surface area (Å²) in [6, 6.07) is 0.983. The number of rotatable bonds is 15. The second kappa shape index (κ2) is 15.9. The van der Waals surface area contributed by atoms with Gasteiger partial charge in [0, 0.05) is 17.7 Å². The van der Waals surface area contributed by atoms with Crippen LogP contribution in [0.1, 0.15) is 87.0 Å². The van der Waals surface area contributed by atoms with Gasteiger partial charge in [0.25, 0.3) is 0 Å². The Morgan fingerprint density at radius 1 is 1.00 bits per heavy atom. The number of carbonyl (C=O) groups is 1. The van der Waals surface area contributed by atoms with Gasteiger partial charge in [-0.1, -0.05) is 31.6 Å². The lowest BCUT2D eigenvalue weighted by molar-refractivity contribution is -0.143. The molecule has 2 N–H and O–H groups in total. The Balaban J connectivity index is 3.93. The van der Waals surface area contributed by atoms with Gasteiger partial charge in [0.15, 0.2) is 0 Å². The molecule has 0 aliphatic heterocycles. The van der Waals surface area contributed by atoms with Gasteiger partial charge in [0.1, 0.15) is 0 Å². The molecule has 0 fully saturated rings. The second-order valence-corrected chi connectivity index (χ2v) is 8.03. The molecule has 0 bridgehead atoms. The van der Waals surface area contributed by atoms with Crippen molar-refractivity contribution in [2.45, 2.75) is 105 Å². The van der Waals surface area contributed by atoms with Crippen molar-refractivity contribution in [2.75, 3.05) is 13.1 Å². The number of unbranched alkanes of at least 4 members (excludes halogenated alkanes) is 1. The average Bonchev–Trinajstić information content (AvgIpc) is 2.60. The molecule has 0 aromatic heterocycles. The third-order valence-electron chi connectivity index (χ3n) is 4.78. The zero-order valence-electron chi connectivity index (χ0n) is 18.9. The van der Waals surface area contributed by atoms with Gasteiger partial charge in [-0.3, -0.25) is 0 Å². The molecule has 0 saturated carbocycles. The van der Waals surface area contributed by atoms with Crippen LogP contribution in [0.25, 0.3) is 0 Å². The van der Waals surface area contributed by atoms with Crippen molar-refractivity contribution in [3.8, 4) is 0 Å². The summed E-state index contributed by atoms with van der Waals surface area (Å²) in [5.41, 5.74) is 2.14. The molecule has 27 heavy (non-hydrogen) atoms. The van der Waals surface area contributed by atoms with E-state index < -0.39 is 0 Å². The first-order valence-electron chi connectivity index (χ1n) is 10.7. The van der Waals surface area contributed by atoms with E-state index in [0.717, 1.165) is 57.2 Å². The molecule has 0 aromatic rings. The number of hydrogen-bond donors (Lipinski definition) is 2. The summed E-state index contributed by atoms with van der Waals surface area (Å²) in [6.45, 7) is 16.6. The van der Waals surface area contributed by atoms with E-state index in [9.17, 15) is 4.79 Å². The third kappa shape index (κ3) is 15.6. The molecule has 0 rings (SSSR count). The van der Waals surface area contributed by atoms with Crippen molar-refractivity contribution < 1.29 is 9.53 Å². The first kappa shape index (κ1) is 25.9. The zero-order valence-corrected chi connectivity index (χ0v) is 18.9. The number of nitrogens with one attached hydrogen (secondary N) is 2. The number of carbonyl (C=O) groups excluding carboxylic acids is 1. The van der Waals surface area contributed by atoms with Gasteiger partial charge in [-0.25, -0.2) is 4.79 Å². The molecule has 4 heteroatoms. The summed E-state index contributed by atoms with van der Waals surface area (Å²) in [7, 11) is 0. The molecule has 0 radical (unpaired) electrons. The summed E-state index contributed by atoms with van der Waals surface area (Å²) in [5.74, 6) is -0.174. The summed E-state index contributed by atoms with van der Waals surface area (Å²) < 4.78 is 5.55. The van der Waals surface area contributed by atoms with Gasteiger partial charge >= 0.3 is 5.97 Å². The highest BCUT2D eigenvalue weighted by molar-refractivity contribution is 5.87. The minimum atomic E-state index is -0.174. The Bertz CT molecular complexity index is 455. The Hall–Kier alpha value is -1.13. The van der Waals surface area contributed by atoms with Crippen molar-refractivity contribution >= 4 is 5.97 Å². The van der Waals surface area contributed by atoms with Crippen LogP contribution in [0.3, 0.4) is 0 Å². The van der Waals surface area contributed by atoms with Crippen LogP contribution in [0, 0.1) is 0 Å². The lowest BCUT2D eigenvalue weighted by Gasteiger charge is -2.15. The van der Waals surface area contributed by atoms with Crippen molar-refractivity contribution in [1.82, 2.24) is 10.6 Å². The van der Waals surface area contributed by atoms with Gasteiger partial charge in [-0.15, -0.1) is 0 Å². The molecule has 2 unspecified atom stereocenters. The smallest absolute Gasteiger partial charge is 0.333 e. The molecular formula is C23H44N2O2. The van der Waals surface area contributed by atoms with Crippen molar-refractivity contribution in [2.24, 2.45) is 0 Å². The lowest BCUT2D eigenvalue weighted by atomic mass is 10.1. The van der Waals surface area contributed by atoms with E-state index in [1.807, 2.05) is 19.9 Å². The predicted octanol–water partition coefficient (Wildman–Crippen LogP) is 5.15. The van der Waals surface area contributed by atoms with Crippen LogP contribution in [0.5, 0.6) is 0 Å². The molecular weight excluding hydrogens is 336 g/mol. The topological polar surface area (TPSA) is 50.4 Å². The lowest BCUT2D eigenvalue weighted by Crippen LogP contribution is -2.26. The van der Waals surface area contributed by atoms with Crippen LogP contribution in [0.15, 0.2) is 23.3 Å². The maximum Gasteiger partial charge on any atom is 0.333 e. The molecule has 0 aromatic carbocycles. The monoisotopic (exact) mass is 380 g/mol. The van der Waals surface area contributed by atoms with E-state index in [-0.39, 0.29) is 12.1 Å². The van der Waals surface area contributed by atoms with Crippen LogP contribution < -0.4 is 10.6 Å². The molecule has 0 spiro atoms. The fourth-order valence-electron chi connectivity index (χ4n) is 2.68. The van der Waals surface area contributed by atoms with Gasteiger partial charge in [0.05, 0.1) is 6.10 Å². The standard InChI is InChI=1S/C23H44N2O2/c1-8-19(4)15-17-25-21(6)13-11-12-20(5)23(26)27-22(7)14-9-10-16-24-18(2)3/h8,12,18,21-22,24-25H,9-11,13-17H2,1-7H3/b19-8-,20-12-. The normalized spacial score (nSPS) is 15.1. The average molecular weight is 381 g/mol. The molecule has 0 aliphatic carbocycles. The van der Waals surface area contributed by atoms with Gasteiger partial charge in [-0.05, 0) is 86.2 Å². The number of ether oxygens (including phenoxy) is 1. The fraction of sp³-hybridized carbons (Fsp3) is 0.783. The minimum Gasteiger partial charge on any atom is -0.459 e. The third-order valence-corrected chi connectivity index (χ3v) is 4.78. The Morgan fingerprint density at radius 2 is 1.70 bits per heavy atom. The molecule has 2 atom stereocenters. The molecule has 0 aliphatic rings. The maximum absolute atomic E-state index is 12.2. The Morgan fingerprint density at radius 3 is 2.33 bits per heavy atom. The van der Waals surface area contributed by atoms with Gasteiger partial charge in [-0.2, -0.15) is 0 Å². The van der Waals surface area contributed by atoms with Gasteiger partial charge in [0.2, 0.25) is 0 Å². The summed E-state index contributed by atoms with van der Waals surface area (Å²) in [4.78, 5) is 12.2.